The second-order valence-corrected chi connectivity index (χ2v) is 4.85. The second-order valence-electron chi connectivity index (χ2n) is 3.02. The lowest BCUT2D eigenvalue weighted by molar-refractivity contribution is -0.139. The van der Waals surface area contributed by atoms with Crippen LogP contribution in [0.3, 0.4) is 0 Å². The third-order valence-electron chi connectivity index (χ3n) is 1.85. The summed E-state index contributed by atoms with van der Waals surface area (Å²) in [6.07, 6.45) is 1.38. The molecule has 0 aliphatic rings. The normalized spacial score (nSPS) is 17.6. The molecule has 7 heteroatoms. The van der Waals surface area contributed by atoms with Crippen LogP contribution in [0.1, 0.15) is 20.3 Å². The van der Waals surface area contributed by atoms with Crippen molar-refractivity contribution in [1.29, 1.82) is 0 Å². The SMILES string of the molecule is CC/C(C)=C/C(N)(C(=O)O)P(=O)(O)O. The van der Waals surface area contributed by atoms with Gasteiger partial charge in [0.2, 0.25) is 5.28 Å². The highest BCUT2D eigenvalue weighted by Gasteiger charge is 2.48. The van der Waals surface area contributed by atoms with Gasteiger partial charge in [0.1, 0.15) is 0 Å². The van der Waals surface area contributed by atoms with Crippen LogP contribution in [-0.4, -0.2) is 26.1 Å². The van der Waals surface area contributed by atoms with E-state index in [2.05, 4.69) is 0 Å². The summed E-state index contributed by atoms with van der Waals surface area (Å²) in [6.45, 7) is 3.29. The molecule has 5 N–H and O–H groups in total. The van der Waals surface area contributed by atoms with Crippen LogP contribution < -0.4 is 5.73 Å². The van der Waals surface area contributed by atoms with Gasteiger partial charge in [0.15, 0.2) is 0 Å². The molecule has 0 aromatic heterocycles. The van der Waals surface area contributed by atoms with Gasteiger partial charge in [0.25, 0.3) is 0 Å². The molecule has 0 aromatic rings. The molecule has 14 heavy (non-hydrogen) atoms. The fourth-order valence-corrected chi connectivity index (χ4v) is 1.39. The Morgan fingerprint density at radius 1 is 1.57 bits per heavy atom. The summed E-state index contributed by atoms with van der Waals surface area (Å²) in [5, 5.41) is 6.03. The molecular weight excluding hydrogens is 209 g/mol. The van der Waals surface area contributed by atoms with Gasteiger partial charge in [-0.2, -0.15) is 0 Å². The maximum absolute atomic E-state index is 10.9. The minimum absolute atomic E-state index is 0.478. The first-order valence-corrected chi connectivity index (χ1v) is 5.52. The minimum atomic E-state index is -4.91. The number of aliphatic carboxylic acids is 1. The molecule has 0 saturated heterocycles. The lowest BCUT2D eigenvalue weighted by atomic mass is 10.1. The third-order valence-corrected chi connectivity index (χ3v) is 3.13. The van der Waals surface area contributed by atoms with Crippen molar-refractivity contribution in [3.63, 3.8) is 0 Å². The number of carbonyl (C=O) groups is 1. The highest BCUT2D eigenvalue weighted by atomic mass is 31.2. The molecule has 0 bridgehead atoms. The summed E-state index contributed by atoms with van der Waals surface area (Å²) in [5.74, 6) is -1.74. The molecule has 0 rings (SSSR count). The molecular formula is C7H14NO5P. The Kier molecular flexibility index (Phi) is 4.02. The summed E-state index contributed by atoms with van der Waals surface area (Å²) >= 11 is 0. The Labute approximate surface area is 81.6 Å². The van der Waals surface area contributed by atoms with Crippen LogP contribution in [0.25, 0.3) is 0 Å². The minimum Gasteiger partial charge on any atom is -0.479 e. The van der Waals surface area contributed by atoms with Gasteiger partial charge >= 0.3 is 13.6 Å². The van der Waals surface area contributed by atoms with Crippen LogP contribution in [-0.2, 0) is 9.36 Å². The van der Waals surface area contributed by atoms with Gasteiger partial charge in [-0.05, 0) is 19.4 Å². The van der Waals surface area contributed by atoms with E-state index >= 15 is 0 Å². The van der Waals surface area contributed by atoms with E-state index in [4.69, 9.17) is 20.6 Å². The molecule has 0 aromatic carbocycles. The fourth-order valence-electron chi connectivity index (χ4n) is 0.748. The van der Waals surface area contributed by atoms with Crippen LogP contribution in [0.4, 0.5) is 0 Å². The zero-order chi connectivity index (χ0) is 11.6. The van der Waals surface area contributed by atoms with E-state index in [1.54, 1.807) is 13.8 Å². The summed E-state index contributed by atoms with van der Waals surface area (Å²) in [6, 6.07) is 0. The van der Waals surface area contributed by atoms with Crippen LogP contribution in [0.15, 0.2) is 11.6 Å². The molecule has 0 saturated carbocycles. The highest BCUT2D eigenvalue weighted by molar-refractivity contribution is 7.55. The summed E-state index contributed by atoms with van der Waals surface area (Å²) < 4.78 is 10.9. The summed E-state index contributed by atoms with van der Waals surface area (Å²) in [7, 11) is -4.91. The van der Waals surface area contributed by atoms with Gasteiger partial charge in [0, 0.05) is 0 Å². The predicted molar refractivity (Wildman–Crippen MR) is 50.6 cm³/mol. The van der Waals surface area contributed by atoms with Gasteiger partial charge in [-0.25, -0.2) is 4.79 Å². The molecule has 0 radical (unpaired) electrons. The van der Waals surface area contributed by atoms with Crippen molar-refractivity contribution in [2.24, 2.45) is 5.73 Å². The Balaban J connectivity index is 5.36. The molecule has 0 aliphatic carbocycles. The number of rotatable bonds is 4. The van der Waals surface area contributed by atoms with Crippen molar-refractivity contribution in [2.45, 2.75) is 25.5 Å². The highest BCUT2D eigenvalue weighted by Crippen LogP contribution is 2.48. The molecule has 0 heterocycles. The van der Waals surface area contributed by atoms with E-state index in [1.165, 1.54) is 0 Å². The topological polar surface area (TPSA) is 121 Å². The number of carboxylic acid groups (broad SMARTS) is 1. The lowest BCUT2D eigenvalue weighted by Crippen LogP contribution is -2.45. The largest absolute Gasteiger partial charge is 0.479 e. The average Bonchev–Trinajstić information content (AvgIpc) is 2.01. The number of carboxylic acids is 1. The molecule has 82 valence electrons. The molecule has 1 atom stereocenters. The quantitative estimate of drug-likeness (QED) is 0.400. The Bertz CT molecular complexity index is 307. The monoisotopic (exact) mass is 223 g/mol. The average molecular weight is 223 g/mol. The van der Waals surface area contributed by atoms with Crippen molar-refractivity contribution in [1.82, 2.24) is 0 Å². The number of nitrogens with two attached hydrogens (primary N) is 1. The second kappa shape index (κ2) is 4.23. The molecule has 0 fully saturated rings. The third kappa shape index (κ3) is 2.65. The molecule has 0 amide bonds. The Morgan fingerprint density at radius 3 is 2.21 bits per heavy atom. The zero-order valence-corrected chi connectivity index (χ0v) is 8.86. The van der Waals surface area contributed by atoms with Gasteiger partial charge in [-0.3, -0.25) is 4.57 Å². The van der Waals surface area contributed by atoms with E-state index < -0.39 is 18.8 Å². The van der Waals surface area contributed by atoms with Crippen molar-refractivity contribution in [3.05, 3.63) is 11.6 Å². The van der Waals surface area contributed by atoms with Crippen LogP contribution in [0, 0.1) is 0 Å². The number of hydrogen-bond donors (Lipinski definition) is 4. The van der Waals surface area contributed by atoms with E-state index in [1.807, 2.05) is 0 Å². The van der Waals surface area contributed by atoms with E-state index in [-0.39, 0.29) is 0 Å². The van der Waals surface area contributed by atoms with Gasteiger partial charge in [0.05, 0.1) is 0 Å². The first-order valence-electron chi connectivity index (χ1n) is 3.91. The van der Waals surface area contributed by atoms with Crippen molar-refractivity contribution < 1.29 is 24.3 Å². The molecule has 1 unspecified atom stereocenters. The van der Waals surface area contributed by atoms with Crippen LogP contribution in [0.5, 0.6) is 0 Å². The van der Waals surface area contributed by atoms with Crippen LogP contribution >= 0.6 is 7.60 Å². The van der Waals surface area contributed by atoms with Gasteiger partial charge in [-0.15, -0.1) is 0 Å². The predicted octanol–water partition coefficient (Wildman–Crippen LogP) is 0.260. The maximum atomic E-state index is 10.9. The van der Waals surface area contributed by atoms with Crippen molar-refractivity contribution >= 4 is 13.6 Å². The molecule has 0 spiro atoms. The van der Waals surface area contributed by atoms with E-state index in [0.29, 0.717) is 12.0 Å². The number of allylic oxidation sites excluding steroid dienone is 1. The first kappa shape index (κ1) is 13.3. The Hall–Kier alpha value is -0.680. The molecule has 0 aliphatic heterocycles. The Morgan fingerprint density at radius 2 is 2.00 bits per heavy atom. The molecule has 6 nitrogen and oxygen atoms in total. The van der Waals surface area contributed by atoms with E-state index in [0.717, 1.165) is 6.08 Å². The summed E-state index contributed by atoms with van der Waals surface area (Å²) in [4.78, 5) is 28.3. The standard InChI is InChI=1S/C7H14NO5P/c1-3-5(2)4-7(8,6(9)10)14(11,12)13/h4H,3,8H2,1-2H3,(H,9,10)(H2,11,12,13)/b5-4+. The first-order chi connectivity index (χ1) is 6.15. The smallest absolute Gasteiger partial charge is 0.360 e. The maximum Gasteiger partial charge on any atom is 0.360 e. The fraction of sp³-hybridized carbons (Fsp3) is 0.571. The zero-order valence-electron chi connectivity index (χ0n) is 7.97. The number of hydrogen-bond acceptors (Lipinski definition) is 3. The van der Waals surface area contributed by atoms with Crippen molar-refractivity contribution in [2.75, 3.05) is 0 Å². The van der Waals surface area contributed by atoms with E-state index in [9.17, 15) is 9.36 Å². The van der Waals surface area contributed by atoms with Crippen LogP contribution in [0.2, 0.25) is 0 Å². The van der Waals surface area contributed by atoms with Crippen molar-refractivity contribution in [3.8, 4) is 0 Å². The summed E-state index contributed by atoms with van der Waals surface area (Å²) in [5.41, 5.74) is 5.67. The van der Waals surface area contributed by atoms with Gasteiger partial charge < -0.3 is 20.6 Å². The van der Waals surface area contributed by atoms with Gasteiger partial charge in [-0.1, -0.05) is 12.5 Å². The lowest BCUT2D eigenvalue weighted by Gasteiger charge is -2.22.